The minimum Gasteiger partial charge on any atom is -0.494 e. The molecule has 0 aliphatic rings. The minimum absolute atomic E-state index is 0.525. The summed E-state index contributed by atoms with van der Waals surface area (Å²) in [7, 11) is 0. The van der Waals surface area contributed by atoms with Gasteiger partial charge in [0.05, 0.1) is 12.1 Å². The molecule has 2 nitrogen and oxygen atoms in total. The fourth-order valence-corrected chi connectivity index (χ4v) is 2.22. The summed E-state index contributed by atoms with van der Waals surface area (Å²) >= 11 is 5.86. The maximum absolute atomic E-state index is 5.86. The number of halogens is 1. The van der Waals surface area contributed by atoms with Crippen LogP contribution in [0.4, 0.5) is 0 Å². The first-order valence-corrected chi connectivity index (χ1v) is 7.36. The van der Waals surface area contributed by atoms with E-state index < -0.39 is 0 Å². The monoisotopic (exact) mass is 277 g/mol. The van der Waals surface area contributed by atoms with E-state index in [4.69, 9.17) is 16.3 Å². The molecule has 0 N–H and O–H groups in total. The zero-order valence-electron chi connectivity index (χ0n) is 11.4. The Kier molecular flexibility index (Phi) is 5.46. The predicted molar refractivity (Wildman–Crippen MR) is 81.0 cm³/mol. The van der Waals surface area contributed by atoms with Gasteiger partial charge in [0, 0.05) is 5.39 Å². The summed E-state index contributed by atoms with van der Waals surface area (Å²) in [6.07, 6.45) is 6.28. The van der Waals surface area contributed by atoms with Crippen LogP contribution in [0, 0.1) is 0 Å². The Bertz CT molecular complexity index is 527. The molecular formula is C16H20ClNO. The van der Waals surface area contributed by atoms with E-state index in [1.165, 1.54) is 25.7 Å². The summed E-state index contributed by atoms with van der Waals surface area (Å²) in [6, 6.07) is 9.70. The number of aromatic nitrogens is 1. The van der Waals surface area contributed by atoms with Gasteiger partial charge in [0.25, 0.3) is 0 Å². The highest BCUT2D eigenvalue weighted by molar-refractivity contribution is 6.29. The average Bonchev–Trinajstić information content (AvgIpc) is 2.43. The molecule has 0 spiro atoms. The lowest BCUT2D eigenvalue weighted by atomic mass is 10.2. The van der Waals surface area contributed by atoms with Gasteiger partial charge < -0.3 is 4.74 Å². The molecule has 2 rings (SSSR count). The zero-order chi connectivity index (χ0) is 13.5. The molecular weight excluding hydrogens is 258 g/mol. The van der Waals surface area contributed by atoms with Crippen molar-refractivity contribution in [2.45, 2.75) is 39.0 Å². The quantitative estimate of drug-likeness (QED) is 0.510. The highest BCUT2D eigenvalue weighted by Crippen LogP contribution is 2.21. The first kappa shape index (κ1) is 14.1. The van der Waals surface area contributed by atoms with Crippen LogP contribution in [-0.4, -0.2) is 11.6 Å². The Morgan fingerprint density at radius 3 is 2.74 bits per heavy atom. The molecule has 0 saturated carbocycles. The molecule has 0 atom stereocenters. The van der Waals surface area contributed by atoms with Gasteiger partial charge in [-0.05, 0) is 36.8 Å². The number of ether oxygens (including phenoxy) is 1. The second-order valence-corrected chi connectivity index (χ2v) is 5.14. The lowest BCUT2D eigenvalue weighted by Crippen LogP contribution is -1.97. The normalized spacial score (nSPS) is 10.8. The van der Waals surface area contributed by atoms with Crippen molar-refractivity contribution >= 4 is 22.5 Å². The van der Waals surface area contributed by atoms with Crippen LogP contribution in [-0.2, 0) is 0 Å². The number of nitrogens with zero attached hydrogens (tertiary/aromatic N) is 1. The minimum atomic E-state index is 0.525. The first-order chi connectivity index (χ1) is 9.29. The second kappa shape index (κ2) is 7.34. The molecule has 3 heteroatoms. The third kappa shape index (κ3) is 4.39. The van der Waals surface area contributed by atoms with Crippen molar-refractivity contribution in [2.24, 2.45) is 0 Å². The highest BCUT2D eigenvalue weighted by Gasteiger charge is 1.99. The number of rotatable bonds is 7. The van der Waals surface area contributed by atoms with Crippen molar-refractivity contribution in [1.29, 1.82) is 0 Å². The molecule has 0 amide bonds. The maximum Gasteiger partial charge on any atom is 0.129 e. The number of fused-ring (bicyclic) bond motifs is 1. The van der Waals surface area contributed by atoms with E-state index in [1.54, 1.807) is 6.07 Å². The fraction of sp³-hybridized carbons (Fsp3) is 0.438. The number of unbranched alkanes of at least 4 members (excludes halogenated alkanes) is 4. The van der Waals surface area contributed by atoms with E-state index in [2.05, 4.69) is 11.9 Å². The van der Waals surface area contributed by atoms with Crippen molar-refractivity contribution in [2.75, 3.05) is 6.61 Å². The number of pyridine rings is 1. The smallest absolute Gasteiger partial charge is 0.129 e. The molecule has 1 aromatic carbocycles. The lowest BCUT2D eigenvalue weighted by molar-refractivity contribution is 0.305. The van der Waals surface area contributed by atoms with Crippen molar-refractivity contribution in [3.63, 3.8) is 0 Å². The van der Waals surface area contributed by atoms with Crippen molar-refractivity contribution in [1.82, 2.24) is 4.98 Å². The molecule has 0 aliphatic heterocycles. The average molecular weight is 278 g/mol. The Hall–Kier alpha value is -1.28. The van der Waals surface area contributed by atoms with Gasteiger partial charge in [-0.2, -0.15) is 0 Å². The summed E-state index contributed by atoms with van der Waals surface area (Å²) < 4.78 is 5.76. The lowest BCUT2D eigenvalue weighted by Gasteiger charge is -2.07. The highest BCUT2D eigenvalue weighted by atomic mass is 35.5. The van der Waals surface area contributed by atoms with Crippen LogP contribution >= 0.6 is 11.6 Å². The van der Waals surface area contributed by atoms with Crippen LogP contribution in [0.1, 0.15) is 39.0 Å². The van der Waals surface area contributed by atoms with E-state index in [1.807, 2.05) is 24.3 Å². The van der Waals surface area contributed by atoms with Gasteiger partial charge in [-0.15, -0.1) is 0 Å². The van der Waals surface area contributed by atoms with Crippen LogP contribution in [0.5, 0.6) is 5.75 Å². The van der Waals surface area contributed by atoms with E-state index in [0.717, 1.165) is 29.7 Å². The van der Waals surface area contributed by atoms with Crippen molar-refractivity contribution in [3.8, 4) is 5.75 Å². The van der Waals surface area contributed by atoms with E-state index in [0.29, 0.717) is 5.15 Å². The van der Waals surface area contributed by atoms with Gasteiger partial charge in [0.15, 0.2) is 0 Å². The Labute approximate surface area is 119 Å². The maximum atomic E-state index is 5.86. The van der Waals surface area contributed by atoms with Gasteiger partial charge in [-0.1, -0.05) is 44.2 Å². The van der Waals surface area contributed by atoms with Gasteiger partial charge in [0.1, 0.15) is 10.9 Å². The summed E-state index contributed by atoms with van der Waals surface area (Å²) in [5.74, 6) is 0.909. The molecule has 19 heavy (non-hydrogen) atoms. The molecule has 2 aromatic rings. The van der Waals surface area contributed by atoms with E-state index in [-0.39, 0.29) is 0 Å². The molecule has 0 saturated heterocycles. The number of benzene rings is 1. The van der Waals surface area contributed by atoms with E-state index >= 15 is 0 Å². The van der Waals surface area contributed by atoms with Crippen molar-refractivity contribution in [3.05, 3.63) is 35.5 Å². The Morgan fingerprint density at radius 1 is 1.05 bits per heavy atom. The van der Waals surface area contributed by atoms with Gasteiger partial charge in [0.2, 0.25) is 0 Å². The largest absolute Gasteiger partial charge is 0.494 e. The predicted octanol–water partition coefficient (Wildman–Crippen LogP) is 5.24. The van der Waals surface area contributed by atoms with Gasteiger partial charge in [-0.3, -0.25) is 0 Å². The molecule has 0 radical (unpaired) electrons. The number of hydrogen-bond donors (Lipinski definition) is 0. The van der Waals surface area contributed by atoms with Crippen LogP contribution in [0.25, 0.3) is 10.9 Å². The molecule has 0 aliphatic carbocycles. The SMILES string of the molecule is CCCCCCCOc1ccc2nc(Cl)ccc2c1. The molecule has 102 valence electrons. The molecule has 0 unspecified atom stereocenters. The zero-order valence-corrected chi connectivity index (χ0v) is 12.1. The van der Waals surface area contributed by atoms with Crippen LogP contribution in [0.2, 0.25) is 5.15 Å². The number of hydrogen-bond acceptors (Lipinski definition) is 2. The molecule has 0 bridgehead atoms. The van der Waals surface area contributed by atoms with Crippen LogP contribution < -0.4 is 4.74 Å². The summed E-state index contributed by atoms with van der Waals surface area (Å²) in [4.78, 5) is 4.26. The second-order valence-electron chi connectivity index (χ2n) is 4.75. The Morgan fingerprint density at radius 2 is 1.89 bits per heavy atom. The van der Waals surface area contributed by atoms with Crippen molar-refractivity contribution < 1.29 is 4.74 Å². The topological polar surface area (TPSA) is 22.1 Å². The Balaban J connectivity index is 1.86. The molecule has 0 fully saturated rings. The summed E-state index contributed by atoms with van der Waals surface area (Å²) in [5.41, 5.74) is 0.905. The standard InChI is InChI=1S/C16H20ClNO/c1-2-3-4-5-6-11-19-14-8-9-15-13(12-14)7-10-16(17)18-15/h7-10,12H,2-6,11H2,1H3. The summed E-state index contributed by atoms with van der Waals surface area (Å²) in [5, 5.41) is 1.59. The third-order valence-corrected chi connectivity index (χ3v) is 3.35. The van der Waals surface area contributed by atoms with Crippen LogP contribution in [0.3, 0.4) is 0 Å². The third-order valence-electron chi connectivity index (χ3n) is 3.14. The van der Waals surface area contributed by atoms with Gasteiger partial charge in [-0.25, -0.2) is 4.98 Å². The van der Waals surface area contributed by atoms with Gasteiger partial charge >= 0.3 is 0 Å². The molecule has 1 aromatic heterocycles. The molecule has 1 heterocycles. The first-order valence-electron chi connectivity index (χ1n) is 6.98. The summed E-state index contributed by atoms with van der Waals surface area (Å²) in [6.45, 7) is 3.02. The van der Waals surface area contributed by atoms with E-state index in [9.17, 15) is 0 Å². The fourth-order valence-electron chi connectivity index (χ4n) is 2.06. The van der Waals surface area contributed by atoms with Crippen LogP contribution in [0.15, 0.2) is 30.3 Å².